The second kappa shape index (κ2) is 18.3. The number of ether oxygens (including phenoxy) is 1. The van der Waals surface area contributed by atoms with Crippen molar-refractivity contribution in [2.45, 2.75) is 25.9 Å². The molecule has 5 aromatic rings. The number of rotatable bonds is 9. The van der Waals surface area contributed by atoms with Crippen molar-refractivity contribution in [2.75, 3.05) is 37.7 Å². The fraction of sp³-hybridized carbons (Fsp3) is 0.270. The van der Waals surface area contributed by atoms with Crippen molar-refractivity contribution in [2.24, 2.45) is 7.05 Å². The molecule has 2 amide bonds. The van der Waals surface area contributed by atoms with Crippen LogP contribution in [0.5, 0.6) is 6.01 Å². The van der Waals surface area contributed by atoms with Crippen molar-refractivity contribution < 1.29 is 96.7 Å². The minimum absolute atomic E-state index is 0. The van der Waals surface area contributed by atoms with Gasteiger partial charge in [-0.05, 0) is 60.9 Å². The Labute approximate surface area is 361 Å². The third kappa shape index (κ3) is 9.63. The maximum atomic E-state index is 15.1. The molecule has 5 heterocycles. The van der Waals surface area contributed by atoms with Gasteiger partial charge in [0.2, 0.25) is 0 Å². The Bertz CT molecular complexity index is 2200. The summed E-state index contributed by atoms with van der Waals surface area (Å²) in [6.45, 7) is 5.58. The number of carbonyl (C=O) groups excluding carboxylic acids is 2. The molecular formula is C37H35FN7Na2O7P. The van der Waals surface area contributed by atoms with Gasteiger partial charge in [-0.2, -0.15) is 0 Å². The van der Waals surface area contributed by atoms with Gasteiger partial charge in [-0.1, -0.05) is 24.3 Å². The van der Waals surface area contributed by atoms with Gasteiger partial charge in [0, 0.05) is 74.2 Å². The van der Waals surface area contributed by atoms with E-state index in [9.17, 15) is 23.9 Å². The number of hydrogen-bond donors (Lipinski definition) is 0. The van der Waals surface area contributed by atoms with Crippen molar-refractivity contribution >= 4 is 31.0 Å². The Balaban J connectivity index is 0.00000290. The average molecular weight is 786 g/mol. The summed E-state index contributed by atoms with van der Waals surface area (Å²) in [5.74, 6) is -1.33. The van der Waals surface area contributed by atoms with Crippen LogP contribution < -0.4 is 78.3 Å². The van der Waals surface area contributed by atoms with Crippen LogP contribution in [0, 0.1) is 12.7 Å². The molecule has 55 heavy (non-hydrogen) atoms. The van der Waals surface area contributed by atoms with E-state index in [4.69, 9.17) is 4.74 Å². The van der Waals surface area contributed by atoms with E-state index < -0.39 is 25.6 Å². The predicted molar refractivity (Wildman–Crippen MR) is 188 cm³/mol. The molecule has 1 atom stereocenters. The number of halogens is 1. The molecule has 0 N–H and O–H groups in total. The zero-order valence-corrected chi connectivity index (χ0v) is 35.8. The van der Waals surface area contributed by atoms with E-state index in [-0.39, 0.29) is 82.3 Å². The van der Waals surface area contributed by atoms with Crippen LogP contribution in [0.15, 0.2) is 85.5 Å². The van der Waals surface area contributed by atoms with Gasteiger partial charge in [-0.25, -0.2) is 14.4 Å². The summed E-state index contributed by atoms with van der Waals surface area (Å²) in [4.78, 5) is 68.4. The maximum Gasteiger partial charge on any atom is 1.00 e. The SMILES string of the molecule is Cc1c(C(=O)N(c2ccncc2)c2cnc(OP(=O)([O-])[O-])nc2)cc(-c2cc(F)ccc2C(=O)N2Cc3ccccc3C[C@H]2CN2CCOCC2)n1C.[Na+].[Na+]. The Morgan fingerprint density at radius 2 is 1.64 bits per heavy atom. The number of anilines is 2. The Hall–Kier alpha value is -3.31. The summed E-state index contributed by atoms with van der Waals surface area (Å²) in [5, 5.41) is 0. The first-order valence-corrected chi connectivity index (χ1v) is 18.3. The summed E-state index contributed by atoms with van der Waals surface area (Å²) < 4.78 is 37.7. The summed E-state index contributed by atoms with van der Waals surface area (Å²) in [6, 6.07) is 16.1. The minimum Gasteiger partial charge on any atom is -0.780 e. The molecule has 1 fully saturated rings. The van der Waals surface area contributed by atoms with E-state index in [1.165, 1.54) is 41.1 Å². The number of amides is 2. The summed E-state index contributed by atoms with van der Waals surface area (Å²) >= 11 is 0. The summed E-state index contributed by atoms with van der Waals surface area (Å²) in [7, 11) is -3.69. The van der Waals surface area contributed by atoms with Gasteiger partial charge < -0.3 is 33.1 Å². The van der Waals surface area contributed by atoms with Crippen LogP contribution >= 0.6 is 7.82 Å². The largest absolute Gasteiger partial charge is 1.00 e. The maximum absolute atomic E-state index is 15.1. The number of benzene rings is 2. The van der Waals surface area contributed by atoms with E-state index in [1.807, 2.05) is 23.1 Å². The van der Waals surface area contributed by atoms with Crippen molar-refractivity contribution in [3.63, 3.8) is 0 Å². The van der Waals surface area contributed by atoms with E-state index in [1.54, 1.807) is 36.7 Å². The fourth-order valence-corrected chi connectivity index (χ4v) is 7.18. The molecule has 0 unspecified atom stereocenters. The summed E-state index contributed by atoms with van der Waals surface area (Å²) in [5.41, 5.74) is 4.55. The van der Waals surface area contributed by atoms with Crippen molar-refractivity contribution in [3.8, 4) is 17.3 Å². The van der Waals surface area contributed by atoms with Gasteiger partial charge in [0.15, 0.2) is 0 Å². The van der Waals surface area contributed by atoms with Crippen molar-refractivity contribution in [1.82, 2.24) is 29.3 Å². The molecule has 7 rings (SSSR count). The Morgan fingerprint density at radius 1 is 0.964 bits per heavy atom. The topological polar surface area (TPSA) is 169 Å². The van der Waals surface area contributed by atoms with Gasteiger partial charge in [0.05, 0.1) is 42.5 Å². The number of nitrogens with zero attached hydrogens (tertiary/aromatic N) is 7. The van der Waals surface area contributed by atoms with Crippen LogP contribution in [0.2, 0.25) is 0 Å². The molecule has 1 saturated heterocycles. The standard InChI is InChI=1S/C37H37FN7O7P.2Na/c1-24-32(36(47)45(28-9-11-39-12-10-28)30-20-40-37(41-21-30)52-53(48,49)50)19-34(42(24)2)33-18-27(38)7-8-31(33)35(46)44-22-26-6-4-3-5-25(26)17-29(44)23-43-13-15-51-16-14-43;;/h3-12,18-21,29H,13-17,22-23H2,1-2H3,(H2,48,49,50);;/q;2*+1/p-2/t29-;;/m0../s1. The molecule has 0 radical (unpaired) electrons. The molecule has 2 aromatic carbocycles. The molecule has 2 aliphatic heterocycles. The second-order valence-electron chi connectivity index (χ2n) is 12.9. The average Bonchev–Trinajstić information content (AvgIpc) is 3.45. The van der Waals surface area contributed by atoms with Crippen molar-refractivity contribution in [1.29, 1.82) is 0 Å². The second-order valence-corrected chi connectivity index (χ2v) is 13.9. The van der Waals surface area contributed by atoms with Gasteiger partial charge in [-0.3, -0.25) is 24.4 Å². The molecule has 0 aliphatic carbocycles. The van der Waals surface area contributed by atoms with Gasteiger partial charge in [0.25, 0.3) is 11.8 Å². The Morgan fingerprint density at radius 3 is 2.31 bits per heavy atom. The Kier molecular flexibility index (Phi) is 14.3. The van der Waals surface area contributed by atoms with Gasteiger partial charge in [0.1, 0.15) is 13.6 Å². The number of hydrogen-bond acceptors (Lipinski definition) is 11. The first kappa shape index (κ1) is 42.8. The third-order valence-corrected chi connectivity index (χ3v) is 10.0. The molecule has 0 bridgehead atoms. The van der Waals surface area contributed by atoms with Gasteiger partial charge in [-0.15, -0.1) is 0 Å². The molecule has 2 aliphatic rings. The van der Waals surface area contributed by atoms with Gasteiger partial charge >= 0.3 is 65.1 Å². The van der Waals surface area contributed by atoms with Crippen LogP contribution in [-0.2, 0) is 29.3 Å². The zero-order valence-electron chi connectivity index (χ0n) is 30.9. The monoisotopic (exact) mass is 785 g/mol. The van der Waals surface area contributed by atoms with E-state index in [0.717, 1.165) is 31.0 Å². The zero-order chi connectivity index (χ0) is 37.3. The van der Waals surface area contributed by atoms with E-state index in [0.29, 0.717) is 60.9 Å². The van der Waals surface area contributed by atoms with Crippen LogP contribution in [-0.4, -0.2) is 80.0 Å². The minimum atomic E-state index is -5.42. The van der Waals surface area contributed by atoms with Crippen LogP contribution in [0.4, 0.5) is 15.8 Å². The first-order valence-electron chi connectivity index (χ1n) is 16.9. The first-order chi connectivity index (χ1) is 25.5. The number of morpholine rings is 1. The molecule has 3 aromatic heterocycles. The molecular weight excluding hydrogens is 750 g/mol. The van der Waals surface area contributed by atoms with Crippen molar-refractivity contribution in [3.05, 3.63) is 119 Å². The fourth-order valence-electron chi connectivity index (χ4n) is 6.88. The number of aromatic nitrogens is 4. The van der Waals surface area contributed by atoms with Crippen LogP contribution in [0.1, 0.15) is 37.5 Å². The number of fused-ring (bicyclic) bond motifs is 1. The quantitative estimate of drug-likeness (QED) is 0.114. The number of carbonyl (C=O) groups is 2. The summed E-state index contributed by atoms with van der Waals surface area (Å²) in [6.07, 6.45) is 5.93. The normalized spacial score (nSPS) is 15.7. The molecule has 18 heteroatoms. The number of phosphoric ester groups is 1. The molecule has 14 nitrogen and oxygen atoms in total. The van der Waals surface area contributed by atoms with E-state index >= 15 is 4.39 Å². The van der Waals surface area contributed by atoms with Crippen LogP contribution in [0.25, 0.3) is 11.3 Å². The molecule has 0 saturated carbocycles. The third-order valence-electron chi connectivity index (χ3n) is 9.63. The molecule has 0 spiro atoms. The number of pyridine rings is 1. The van der Waals surface area contributed by atoms with Crippen LogP contribution in [0.3, 0.4) is 0 Å². The number of phosphoric acid groups is 1. The predicted octanol–water partition coefficient (Wildman–Crippen LogP) is -2.58. The molecule has 274 valence electrons. The van der Waals surface area contributed by atoms with E-state index in [2.05, 4.69) is 30.4 Å². The smallest absolute Gasteiger partial charge is 0.780 e.